The van der Waals surface area contributed by atoms with E-state index < -0.39 is 5.91 Å². The fourth-order valence-electron chi connectivity index (χ4n) is 2.24. The summed E-state index contributed by atoms with van der Waals surface area (Å²) < 4.78 is 1.90. The molecule has 0 saturated carbocycles. The molecule has 1 amide bonds. The summed E-state index contributed by atoms with van der Waals surface area (Å²) in [6, 6.07) is 13.6. The Hall–Kier alpha value is -2.62. The summed E-state index contributed by atoms with van der Waals surface area (Å²) >= 11 is 0. The Morgan fingerprint density at radius 1 is 1.21 bits per heavy atom. The third kappa shape index (κ3) is 2.08. The molecule has 0 fully saturated rings. The Balaban J connectivity index is 2.15. The normalized spacial score (nSPS) is 10.7. The zero-order valence-electron chi connectivity index (χ0n) is 10.3. The van der Waals surface area contributed by atoms with Gasteiger partial charge in [-0.05, 0) is 17.7 Å². The van der Waals surface area contributed by atoms with Gasteiger partial charge >= 0.3 is 0 Å². The third-order valence-corrected chi connectivity index (χ3v) is 3.14. The predicted molar refractivity (Wildman–Crippen MR) is 73.8 cm³/mol. The Morgan fingerprint density at radius 3 is 2.74 bits per heavy atom. The van der Waals surface area contributed by atoms with Gasteiger partial charge in [-0.3, -0.25) is 9.78 Å². The molecule has 0 aliphatic heterocycles. The second-order valence-electron chi connectivity index (χ2n) is 4.40. The van der Waals surface area contributed by atoms with Crippen LogP contribution < -0.4 is 5.73 Å². The van der Waals surface area contributed by atoms with E-state index in [1.54, 1.807) is 12.4 Å². The maximum atomic E-state index is 11.6. The van der Waals surface area contributed by atoms with Crippen LogP contribution in [-0.2, 0) is 6.54 Å². The van der Waals surface area contributed by atoms with Gasteiger partial charge in [0.1, 0.15) is 5.69 Å². The van der Waals surface area contributed by atoms with Gasteiger partial charge in [-0.15, -0.1) is 0 Å². The smallest absolute Gasteiger partial charge is 0.265 e. The summed E-state index contributed by atoms with van der Waals surface area (Å²) in [5.74, 6) is -0.424. The van der Waals surface area contributed by atoms with Crippen molar-refractivity contribution in [2.45, 2.75) is 6.54 Å². The highest BCUT2D eigenvalue weighted by Gasteiger charge is 2.13. The maximum Gasteiger partial charge on any atom is 0.265 e. The van der Waals surface area contributed by atoms with E-state index in [1.165, 1.54) is 0 Å². The van der Waals surface area contributed by atoms with E-state index >= 15 is 0 Å². The molecule has 2 aromatic heterocycles. The number of nitrogens with two attached hydrogens (primary N) is 1. The molecule has 4 nitrogen and oxygen atoms in total. The Labute approximate surface area is 110 Å². The van der Waals surface area contributed by atoms with Gasteiger partial charge in [0.25, 0.3) is 5.91 Å². The van der Waals surface area contributed by atoms with Gasteiger partial charge in [0.2, 0.25) is 0 Å². The lowest BCUT2D eigenvalue weighted by molar-refractivity contribution is 0.0992. The number of hydrogen-bond acceptors (Lipinski definition) is 2. The second kappa shape index (κ2) is 4.57. The highest BCUT2D eigenvalue weighted by Crippen LogP contribution is 2.20. The van der Waals surface area contributed by atoms with Crippen LogP contribution in [0.25, 0.3) is 10.9 Å². The molecule has 0 bridgehead atoms. The van der Waals surface area contributed by atoms with Gasteiger partial charge in [0.05, 0.1) is 11.7 Å². The number of nitrogens with zero attached hydrogens (tertiary/aromatic N) is 2. The fourth-order valence-corrected chi connectivity index (χ4v) is 2.24. The van der Waals surface area contributed by atoms with E-state index in [9.17, 15) is 4.79 Å². The van der Waals surface area contributed by atoms with Gasteiger partial charge in [0, 0.05) is 18.1 Å². The molecular weight excluding hydrogens is 238 g/mol. The summed E-state index contributed by atoms with van der Waals surface area (Å²) in [7, 11) is 0. The quantitative estimate of drug-likeness (QED) is 0.775. The van der Waals surface area contributed by atoms with Crippen LogP contribution in [0.1, 0.15) is 16.1 Å². The number of aromatic nitrogens is 2. The van der Waals surface area contributed by atoms with Crippen molar-refractivity contribution in [3.63, 3.8) is 0 Å². The van der Waals surface area contributed by atoms with E-state index in [4.69, 9.17) is 5.73 Å². The van der Waals surface area contributed by atoms with Crippen molar-refractivity contribution in [2.75, 3.05) is 0 Å². The average molecular weight is 251 g/mol. The summed E-state index contributed by atoms with van der Waals surface area (Å²) in [5.41, 5.74) is 7.99. The van der Waals surface area contributed by atoms with Crippen LogP contribution in [0.3, 0.4) is 0 Å². The molecule has 0 saturated heterocycles. The highest BCUT2D eigenvalue weighted by atomic mass is 16.1. The minimum Gasteiger partial charge on any atom is -0.364 e. The van der Waals surface area contributed by atoms with Gasteiger partial charge in [-0.2, -0.15) is 0 Å². The monoisotopic (exact) mass is 251 g/mol. The Kier molecular flexibility index (Phi) is 2.76. The van der Waals surface area contributed by atoms with Gasteiger partial charge in [-0.25, -0.2) is 0 Å². The number of primary amides is 1. The molecule has 2 heterocycles. The third-order valence-electron chi connectivity index (χ3n) is 3.14. The average Bonchev–Trinajstić information content (AvgIpc) is 2.79. The molecule has 0 atom stereocenters. The predicted octanol–water partition coefficient (Wildman–Crippen LogP) is 2.18. The number of rotatable bonds is 3. The van der Waals surface area contributed by atoms with E-state index in [-0.39, 0.29) is 0 Å². The number of amides is 1. The van der Waals surface area contributed by atoms with Crippen LogP contribution in [0.4, 0.5) is 0 Å². The lowest BCUT2D eigenvalue weighted by Gasteiger charge is -2.08. The molecule has 0 unspecified atom stereocenters. The first-order valence-electron chi connectivity index (χ1n) is 6.02. The highest BCUT2D eigenvalue weighted by molar-refractivity contribution is 5.97. The van der Waals surface area contributed by atoms with Crippen LogP contribution in [0.2, 0.25) is 0 Å². The lowest BCUT2D eigenvalue weighted by Crippen LogP contribution is -2.17. The molecule has 1 aromatic carbocycles. The zero-order valence-corrected chi connectivity index (χ0v) is 10.3. The summed E-state index contributed by atoms with van der Waals surface area (Å²) in [4.78, 5) is 15.7. The first kappa shape index (κ1) is 11.5. The van der Waals surface area contributed by atoms with Crippen molar-refractivity contribution in [2.24, 2.45) is 5.73 Å². The van der Waals surface area contributed by atoms with Gasteiger partial charge < -0.3 is 10.3 Å². The zero-order chi connectivity index (χ0) is 13.2. The van der Waals surface area contributed by atoms with Gasteiger partial charge in [-0.1, -0.05) is 30.3 Å². The largest absolute Gasteiger partial charge is 0.364 e. The van der Waals surface area contributed by atoms with Crippen molar-refractivity contribution < 1.29 is 4.79 Å². The standard InChI is InChI=1S/C15H13N3O/c16-15(19)13-8-12-6-7-17-9-14(12)18(13)10-11-4-2-1-3-5-11/h1-9H,10H2,(H2,16,19). The van der Waals surface area contributed by atoms with E-state index in [0.717, 1.165) is 16.5 Å². The van der Waals surface area contributed by atoms with Crippen LogP contribution in [0.5, 0.6) is 0 Å². The van der Waals surface area contributed by atoms with Crippen LogP contribution in [0, 0.1) is 0 Å². The molecule has 2 N–H and O–H groups in total. The maximum absolute atomic E-state index is 11.6. The fraction of sp³-hybridized carbons (Fsp3) is 0.0667. The second-order valence-corrected chi connectivity index (χ2v) is 4.40. The number of benzene rings is 1. The molecular formula is C15H13N3O. The molecule has 4 heteroatoms. The summed E-state index contributed by atoms with van der Waals surface area (Å²) in [5, 5.41) is 0.972. The molecule has 19 heavy (non-hydrogen) atoms. The summed E-state index contributed by atoms with van der Waals surface area (Å²) in [6.07, 6.45) is 3.46. The van der Waals surface area contributed by atoms with Crippen molar-refractivity contribution in [1.29, 1.82) is 0 Å². The van der Waals surface area contributed by atoms with Crippen molar-refractivity contribution >= 4 is 16.8 Å². The topological polar surface area (TPSA) is 60.9 Å². The molecule has 0 radical (unpaired) electrons. The molecule has 0 spiro atoms. The van der Waals surface area contributed by atoms with Gasteiger partial charge in [0.15, 0.2) is 0 Å². The first-order chi connectivity index (χ1) is 9.25. The van der Waals surface area contributed by atoms with E-state index in [2.05, 4.69) is 4.98 Å². The van der Waals surface area contributed by atoms with Crippen LogP contribution >= 0.6 is 0 Å². The lowest BCUT2D eigenvalue weighted by atomic mass is 10.2. The molecule has 3 aromatic rings. The Bertz CT molecular complexity index is 731. The minimum absolute atomic E-state index is 0.424. The number of carbonyl (C=O) groups excluding carboxylic acids is 1. The minimum atomic E-state index is -0.424. The molecule has 94 valence electrons. The molecule has 3 rings (SSSR count). The van der Waals surface area contributed by atoms with Crippen molar-refractivity contribution in [1.82, 2.24) is 9.55 Å². The molecule has 0 aliphatic rings. The SMILES string of the molecule is NC(=O)c1cc2ccncc2n1Cc1ccccc1. The van der Waals surface area contributed by atoms with Crippen LogP contribution in [0.15, 0.2) is 54.9 Å². The van der Waals surface area contributed by atoms with Crippen molar-refractivity contribution in [3.8, 4) is 0 Å². The van der Waals surface area contributed by atoms with Crippen LogP contribution in [-0.4, -0.2) is 15.5 Å². The summed E-state index contributed by atoms with van der Waals surface area (Å²) in [6.45, 7) is 0.605. The van der Waals surface area contributed by atoms with E-state index in [0.29, 0.717) is 12.2 Å². The first-order valence-corrected chi connectivity index (χ1v) is 6.02. The number of carbonyl (C=O) groups is 1. The van der Waals surface area contributed by atoms with Crippen molar-refractivity contribution in [3.05, 3.63) is 66.1 Å². The number of fused-ring (bicyclic) bond motifs is 1. The molecule has 0 aliphatic carbocycles. The Morgan fingerprint density at radius 2 is 2.00 bits per heavy atom. The number of hydrogen-bond donors (Lipinski definition) is 1. The van der Waals surface area contributed by atoms with E-state index in [1.807, 2.05) is 47.0 Å². The number of pyridine rings is 1.